The maximum absolute atomic E-state index is 13.4. The zero-order chi connectivity index (χ0) is 10.1. The zero-order valence-electron chi connectivity index (χ0n) is 7.70. The number of benzene rings is 1. The number of nitriles is 1. The van der Waals surface area contributed by atoms with Gasteiger partial charge >= 0.3 is 0 Å². The molecule has 1 saturated carbocycles. The molecule has 1 atom stereocenters. The molecule has 2 N–H and O–H groups in total. The van der Waals surface area contributed by atoms with Crippen LogP contribution in [0, 0.1) is 23.1 Å². The van der Waals surface area contributed by atoms with Gasteiger partial charge in [-0.3, -0.25) is 0 Å². The van der Waals surface area contributed by atoms with Crippen LogP contribution in [0.3, 0.4) is 0 Å². The highest BCUT2D eigenvalue weighted by Gasteiger charge is 2.31. The molecule has 1 aromatic carbocycles. The molecule has 0 amide bonds. The third kappa shape index (κ3) is 1.61. The fraction of sp³-hybridized carbons (Fsp3) is 0.364. The van der Waals surface area contributed by atoms with Crippen molar-refractivity contribution in [3.63, 3.8) is 0 Å². The van der Waals surface area contributed by atoms with Gasteiger partial charge in [-0.1, -0.05) is 0 Å². The maximum Gasteiger partial charge on any atom is 0.128 e. The number of nitrogens with two attached hydrogens (primary N) is 1. The van der Waals surface area contributed by atoms with E-state index in [1.807, 2.05) is 6.07 Å². The topological polar surface area (TPSA) is 49.8 Å². The lowest BCUT2D eigenvalue weighted by molar-refractivity contribution is 0.553. The Morgan fingerprint density at radius 3 is 2.79 bits per heavy atom. The highest BCUT2D eigenvalue weighted by molar-refractivity contribution is 5.35. The summed E-state index contributed by atoms with van der Waals surface area (Å²) in [4.78, 5) is 0. The first-order chi connectivity index (χ1) is 6.72. The minimum Gasteiger partial charge on any atom is -0.324 e. The van der Waals surface area contributed by atoms with E-state index in [1.165, 1.54) is 12.1 Å². The van der Waals surface area contributed by atoms with Gasteiger partial charge in [-0.15, -0.1) is 0 Å². The molecule has 0 heterocycles. The quantitative estimate of drug-likeness (QED) is 0.776. The number of hydrogen-bond acceptors (Lipinski definition) is 2. The van der Waals surface area contributed by atoms with E-state index in [4.69, 9.17) is 11.0 Å². The van der Waals surface area contributed by atoms with Gasteiger partial charge in [0.1, 0.15) is 5.82 Å². The van der Waals surface area contributed by atoms with Gasteiger partial charge in [0, 0.05) is 11.6 Å². The van der Waals surface area contributed by atoms with Crippen molar-refractivity contribution in [3.8, 4) is 6.07 Å². The van der Waals surface area contributed by atoms with Crippen LogP contribution >= 0.6 is 0 Å². The molecule has 1 unspecified atom stereocenters. The van der Waals surface area contributed by atoms with Crippen molar-refractivity contribution < 1.29 is 4.39 Å². The van der Waals surface area contributed by atoms with Crippen molar-refractivity contribution in [3.05, 3.63) is 35.1 Å². The maximum atomic E-state index is 13.4. The summed E-state index contributed by atoms with van der Waals surface area (Å²) in [6.07, 6.45) is 2.13. The van der Waals surface area contributed by atoms with Gasteiger partial charge < -0.3 is 5.73 Å². The van der Waals surface area contributed by atoms with Crippen molar-refractivity contribution in [2.75, 3.05) is 0 Å². The lowest BCUT2D eigenvalue weighted by Gasteiger charge is -2.11. The summed E-state index contributed by atoms with van der Waals surface area (Å²) in [7, 11) is 0. The van der Waals surface area contributed by atoms with Crippen LogP contribution in [0.1, 0.15) is 30.0 Å². The van der Waals surface area contributed by atoms with Gasteiger partial charge in [-0.25, -0.2) is 4.39 Å². The van der Waals surface area contributed by atoms with Crippen LogP contribution in [-0.2, 0) is 0 Å². The fourth-order valence-corrected chi connectivity index (χ4v) is 1.58. The molecule has 3 heteroatoms. The molecule has 2 nitrogen and oxygen atoms in total. The van der Waals surface area contributed by atoms with Crippen molar-refractivity contribution in [2.24, 2.45) is 11.7 Å². The zero-order valence-corrected chi connectivity index (χ0v) is 7.70. The van der Waals surface area contributed by atoms with E-state index in [2.05, 4.69) is 0 Å². The van der Waals surface area contributed by atoms with Gasteiger partial charge in [-0.2, -0.15) is 5.26 Å². The van der Waals surface area contributed by atoms with Crippen LogP contribution in [0.4, 0.5) is 4.39 Å². The van der Waals surface area contributed by atoms with Crippen LogP contribution in [-0.4, -0.2) is 0 Å². The number of hydrogen-bond donors (Lipinski definition) is 1. The summed E-state index contributed by atoms with van der Waals surface area (Å²) >= 11 is 0. The molecule has 1 aliphatic rings. The number of halogens is 1. The number of nitrogens with zero attached hydrogens (tertiary/aromatic N) is 1. The minimum atomic E-state index is -0.302. The highest BCUT2D eigenvalue weighted by Crippen LogP contribution is 2.40. The van der Waals surface area contributed by atoms with Crippen LogP contribution < -0.4 is 5.73 Å². The first kappa shape index (κ1) is 9.17. The minimum absolute atomic E-state index is 0.247. The summed E-state index contributed by atoms with van der Waals surface area (Å²) in [6.45, 7) is 0. The Balaban J connectivity index is 2.35. The standard InChI is InChI=1S/C11H11FN2/c12-10-4-1-7(6-13)5-9(10)11(14)8-2-3-8/h1,4-5,8,11H,2-3,14H2. The normalized spacial score (nSPS) is 17.5. The summed E-state index contributed by atoms with van der Waals surface area (Å²) in [5, 5.41) is 8.68. The molecular weight excluding hydrogens is 179 g/mol. The third-order valence-corrected chi connectivity index (χ3v) is 2.61. The average Bonchev–Trinajstić information content (AvgIpc) is 3.01. The predicted octanol–water partition coefficient (Wildman–Crippen LogP) is 2.11. The molecule has 0 saturated heterocycles. The van der Waals surface area contributed by atoms with Crippen molar-refractivity contribution in [2.45, 2.75) is 18.9 Å². The molecule has 1 aromatic rings. The van der Waals surface area contributed by atoms with Crippen molar-refractivity contribution in [1.29, 1.82) is 5.26 Å². The van der Waals surface area contributed by atoms with Crippen LogP contribution in [0.15, 0.2) is 18.2 Å². The van der Waals surface area contributed by atoms with Gasteiger partial charge in [0.2, 0.25) is 0 Å². The van der Waals surface area contributed by atoms with Crippen molar-refractivity contribution in [1.82, 2.24) is 0 Å². The van der Waals surface area contributed by atoms with Gasteiger partial charge in [-0.05, 0) is 37.0 Å². The van der Waals surface area contributed by atoms with E-state index < -0.39 is 0 Å². The third-order valence-electron chi connectivity index (χ3n) is 2.61. The predicted molar refractivity (Wildman–Crippen MR) is 50.8 cm³/mol. The largest absolute Gasteiger partial charge is 0.324 e. The first-order valence-electron chi connectivity index (χ1n) is 4.67. The van der Waals surface area contributed by atoms with E-state index in [9.17, 15) is 4.39 Å². The molecule has 72 valence electrons. The molecule has 0 radical (unpaired) electrons. The fourth-order valence-electron chi connectivity index (χ4n) is 1.58. The molecule has 14 heavy (non-hydrogen) atoms. The lowest BCUT2D eigenvalue weighted by atomic mass is 10.0. The average molecular weight is 190 g/mol. The van der Waals surface area contributed by atoms with Crippen LogP contribution in [0.2, 0.25) is 0 Å². The Morgan fingerprint density at radius 1 is 1.50 bits per heavy atom. The molecule has 0 aliphatic heterocycles. The molecule has 0 aromatic heterocycles. The van der Waals surface area contributed by atoms with E-state index in [1.54, 1.807) is 6.07 Å². The second-order valence-corrected chi connectivity index (χ2v) is 3.71. The Morgan fingerprint density at radius 2 is 2.21 bits per heavy atom. The van der Waals surface area contributed by atoms with E-state index in [0.717, 1.165) is 12.8 Å². The summed E-state index contributed by atoms with van der Waals surface area (Å²) in [5.74, 6) is 0.0989. The smallest absolute Gasteiger partial charge is 0.128 e. The lowest BCUT2D eigenvalue weighted by Crippen LogP contribution is -2.14. The molecule has 0 bridgehead atoms. The molecule has 2 rings (SSSR count). The van der Waals surface area contributed by atoms with Crippen molar-refractivity contribution >= 4 is 0 Å². The SMILES string of the molecule is N#Cc1ccc(F)c(C(N)C2CC2)c1. The molecule has 1 aliphatic carbocycles. The second-order valence-electron chi connectivity index (χ2n) is 3.71. The van der Waals surface area contributed by atoms with Gasteiger partial charge in [0.25, 0.3) is 0 Å². The van der Waals surface area contributed by atoms with Gasteiger partial charge in [0.05, 0.1) is 11.6 Å². The molecule has 0 spiro atoms. The first-order valence-corrected chi connectivity index (χ1v) is 4.67. The number of rotatable bonds is 2. The Hall–Kier alpha value is -1.40. The Labute approximate surface area is 82.1 Å². The monoisotopic (exact) mass is 190 g/mol. The summed E-state index contributed by atoms with van der Waals surface area (Å²) < 4.78 is 13.4. The van der Waals surface area contributed by atoms with Crippen LogP contribution in [0.5, 0.6) is 0 Å². The molecular formula is C11H11FN2. The second kappa shape index (κ2) is 3.39. The van der Waals surface area contributed by atoms with Crippen LogP contribution in [0.25, 0.3) is 0 Å². The molecule has 1 fully saturated rings. The highest BCUT2D eigenvalue weighted by atomic mass is 19.1. The summed E-state index contributed by atoms with van der Waals surface area (Å²) in [6, 6.07) is 6.08. The Kier molecular flexibility index (Phi) is 2.22. The van der Waals surface area contributed by atoms with Gasteiger partial charge in [0.15, 0.2) is 0 Å². The van der Waals surface area contributed by atoms with E-state index in [0.29, 0.717) is 17.0 Å². The summed E-state index contributed by atoms with van der Waals surface area (Å²) in [5.41, 5.74) is 6.82. The van der Waals surface area contributed by atoms with E-state index >= 15 is 0 Å². The Bertz CT molecular complexity index is 391. The van der Waals surface area contributed by atoms with E-state index in [-0.39, 0.29) is 11.9 Å².